The summed E-state index contributed by atoms with van der Waals surface area (Å²) in [7, 11) is 0. The smallest absolute Gasteiger partial charge is 0.309 e. The predicted molar refractivity (Wildman–Crippen MR) is 238 cm³/mol. The molecule has 0 amide bonds. The molecule has 0 saturated heterocycles. The molecule has 9 heteroatoms. The van der Waals surface area contributed by atoms with E-state index in [9.17, 15) is 13.2 Å². The van der Waals surface area contributed by atoms with Crippen molar-refractivity contribution in [3.8, 4) is 56.7 Å². The molecule has 0 unspecified atom stereocenters. The van der Waals surface area contributed by atoms with Crippen molar-refractivity contribution in [1.29, 1.82) is 0 Å². The van der Waals surface area contributed by atoms with Crippen molar-refractivity contribution in [2.75, 3.05) is 0 Å². The molecule has 4 heterocycles. The standard InChI is InChI=1S/C52H33F3N6/c1-32-20-24-47-41(28-32)37-16-9-11-19-45(37)61(47)48-26-27-56-31-43(48)40-30-36(60-44-18-10-8-17-38(44)42-29-35(52(53,54)55)21-25-46(42)60)22-23-39(40)51-58-49(33-12-4-2-5-13-33)57-50(59-51)34-14-6-3-7-15-34/h2-31H,1H3. The highest BCUT2D eigenvalue weighted by Crippen LogP contribution is 2.42. The number of halogens is 3. The van der Waals surface area contributed by atoms with Crippen LogP contribution in [0.1, 0.15) is 11.1 Å². The van der Waals surface area contributed by atoms with Crippen molar-refractivity contribution < 1.29 is 13.2 Å². The van der Waals surface area contributed by atoms with Crippen LogP contribution in [-0.4, -0.2) is 29.1 Å². The maximum atomic E-state index is 14.1. The first-order chi connectivity index (χ1) is 29.8. The van der Waals surface area contributed by atoms with Crippen LogP contribution in [0.25, 0.3) is 100 Å². The Hall–Kier alpha value is -7.91. The Balaban J connectivity index is 1.23. The second kappa shape index (κ2) is 14.1. The van der Waals surface area contributed by atoms with E-state index in [1.54, 1.807) is 12.3 Å². The van der Waals surface area contributed by atoms with Gasteiger partial charge in [0.15, 0.2) is 17.5 Å². The van der Waals surface area contributed by atoms with E-state index in [1.165, 1.54) is 6.07 Å². The zero-order valence-corrected chi connectivity index (χ0v) is 32.6. The minimum Gasteiger partial charge on any atom is -0.309 e. The summed E-state index contributed by atoms with van der Waals surface area (Å²) in [5.41, 5.74) is 9.60. The molecule has 4 aromatic heterocycles. The van der Waals surface area contributed by atoms with Crippen molar-refractivity contribution >= 4 is 43.6 Å². The van der Waals surface area contributed by atoms with Gasteiger partial charge in [-0.3, -0.25) is 4.98 Å². The monoisotopic (exact) mass is 798 g/mol. The van der Waals surface area contributed by atoms with Crippen molar-refractivity contribution in [2.24, 2.45) is 0 Å². The summed E-state index contributed by atoms with van der Waals surface area (Å²) in [5.74, 6) is 1.50. The number of pyridine rings is 1. The highest BCUT2D eigenvalue weighted by molar-refractivity contribution is 6.11. The molecule has 0 saturated carbocycles. The van der Waals surface area contributed by atoms with Gasteiger partial charge in [0.05, 0.1) is 33.3 Å². The second-order valence-corrected chi connectivity index (χ2v) is 15.1. The van der Waals surface area contributed by atoms with E-state index in [0.717, 1.165) is 78.1 Å². The van der Waals surface area contributed by atoms with Crippen LogP contribution in [0.15, 0.2) is 182 Å². The molecular weight excluding hydrogens is 766 g/mol. The summed E-state index contributed by atoms with van der Waals surface area (Å²) in [6.07, 6.45) is -0.825. The SMILES string of the molecule is Cc1ccc2c(c1)c1ccccc1n2-c1ccncc1-c1cc(-n2c3ccccc3c3cc(C(F)(F)F)ccc32)ccc1-c1nc(-c2ccccc2)nc(-c2ccccc2)n1. The van der Waals surface area contributed by atoms with Gasteiger partial charge >= 0.3 is 6.18 Å². The summed E-state index contributed by atoms with van der Waals surface area (Å²) in [4.78, 5) is 20.0. The van der Waals surface area contributed by atoms with Gasteiger partial charge in [-0.2, -0.15) is 13.2 Å². The molecule has 0 aliphatic heterocycles. The lowest BCUT2D eigenvalue weighted by molar-refractivity contribution is -0.137. The highest BCUT2D eigenvalue weighted by atomic mass is 19.4. The number of benzene rings is 7. The number of fused-ring (bicyclic) bond motifs is 6. The van der Waals surface area contributed by atoms with Gasteiger partial charge in [-0.1, -0.05) is 109 Å². The molecule has 0 radical (unpaired) electrons. The number of nitrogens with zero attached hydrogens (tertiary/aromatic N) is 6. The van der Waals surface area contributed by atoms with E-state index in [0.29, 0.717) is 33.8 Å². The molecule has 11 aromatic rings. The largest absolute Gasteiger partial charge is 0.416 e. The van der Waals surface area contributed by atoms with Crippen LogP contribution >= 0.6 is 0 Å². The molecule has 6 nitrogen and oxygen atoms in total. The fourth-order valence-electron chi connectivity index (χ4n) is 8.58. The lowest BCUT2D eigenvalue weighted by Crippen LogP contribution is -2.05. The van der Waals surface area contributed by atoms with E-state index in [2.05, 4.69) is 54.0 Å². The third kappa shape index (κ3) is 6.12. The molecule has 0 bridgehead atoms. The van der Waals surface area contributed by atoms with Crippen molar-refractivity contribution in [3.63, 3.8) is 0 Å². The molecule has 0 N–H and O–H groups in total. The van der Waals surface area contributed by atoms with Gasteiger partial charge in [0.2, 0.25) is 0 Å². The minimum atomic E-state index is -4.49. The quantitative estimate of drug-likeness (QED) is 0.168. The molecule has 0 atom stereocenters. The van der Waals surface area contributed by atoms with Gasteiger partial charge in [-0.05, 0) is 79.2 Å². The Bertz CT molecular complexity index is 3420. The molecule has 7 aromatic carbocycles. The molecule has 0 aliphatic carbocycles. The second-order valence-electron chi connectivity index (χ2n) is 15.1. The topological polar surface area (TPSA) is 61.4 Å². The van der Waals surface area contributed by atoms with Crippen molar-refractivity contribution in [2.45, 2.75) is 13.1 Å². The van der Waals surface area contributed by atoms with E-state index in [4.69, 9.17) is 19.9 Å². The van der Waals surface area contributed by atoms with Gasteiger partial charge in [0.1, 0.15) is 0 Å². The summed E-state index contributed by atoms with van der Waals surface area (Å²) >= 11 is 0. The van der Waals surface area contributed by atoms with E-state index in [-0.39, 0.29) is 0 Å². The Labute approximate surface area is 347 Å². The average Bonchev–Trinajstić information content (AvgIpc) is 3.81. The summed E-state index contributed by atoms with van der Waals surface area (Å²) in [6.45, 7) is 2.10. The summed E-state index contributed by atoms with van der Waals surface area (Å²) < 4.78 is 46.6. The fourth-order valence-corrected chi connectivity index (χ4v) is 8.58. The molecular formula is C52H33F3N6. The van der Waals surface area contributed by atoms with Gasteiger partial charge in [-0.15, -0.1) is 0 Å². The maximum absolute atomic E-state index is 14.1. The summed E-state index contributed by atoms with van der Waals surface area (Å²) in [6, 6.07) is 54.1. The van der Waals surface area contributed by atoms with Crippen LogP contribution in [0.2, 0.25) is 0 Å². The first kappa shape index (κ1) is 36.2. The third-order valence-electron chi connectivity index (χ3n) is 11.4. The highest BCUT2D eigenvalue weighted by Gasteiger charge is 2.31. The van der Waals surface area contributed by atoms with Gasteiger partial charge in [0, 0.05) is 61.9 Å². The number of para-hydroxylation sites is 2. The Morgan fingerprint density at radius 1 is 0.443 bits per heavy atom. The molecule has 0 fully saturated rings. The molecule has 292 valence electrons. The van der Waals surface area contributed by atoms with Crippen LogP contribution in [-0.2, 0) is 6.18 Å². The van der Waals surface area contributed by atoms with Crippen LogP contribution < -0.4 is 0 Å². The molecule has 0 spiro atoms. The minimum absolute atomic E-state index is 0.457. The predicted octanol–water partition coefficient (Wildman–Crippen LogP) is 13.5. The Morgan fingerprint density at radius 3 is 1.67 bits per heavy atom. The number of hydrogen-bond donors (Lipinski definition) is 0. The number of aryl methyl sites for hydroxylation is 1. The van der Waals surface area contributed by atoms with Crippen LogP contribution in [0.5, 0.6) is 0 Å². The maximum Gasteiger partial charge on any atom is 0.416 e. The Morgan fingerprint density at radius 2 is 1.00 bits per heavy atom. The third-order valence-corrected chi connectivity index (χ3v) is 11.4. The number of alkyl halides is 3. The van der Waals surface area contributed by atoms with Gasteiger partial charge in [-0.25, -0.2) is 15.0 Å². The first-order valence-corrected chi connectivity index (χ1v) is 19.9. The fraction of sp³-hybridized carbons (Fsp3) is 0.0385. The van der Waals surface area contributed by atoms with Crippen LogP contribution in [0.3, 0.4) is 0 Å². The van der Waals surface area contributed by atoms with E-state index < -0.39 is 11.7 Å². The average molecular weight is 799 g/mol. The Kier molecular flexibility index (Phi) is 8.38. The lowest BCUT2D eigenvalue weighted by Gasteiger charge is -2.18. The van der Waals surface area contributed by atoms with Gasteiger partial charge < -0.3 is 9.13 Å². The normalized spacial score (nSPS) is 11.9. The van der Waals surface area contributed by atoms with Gasteiger partial charge in [0.25, 0.3) is 0 Å². The van der Waals surface area contributed by atoms with Crippen molar-refractivity contribution in [3.05, 3.63) is 193 Å². The zero-order chi connectivity index (χ0) is 41.2. The van der Waals surface area contributed by atoms with E-state index in [1.807, 2.05) is 120 Å². The first-order valence-electron chi connectivity index (χ1n) is 19.9. The molecule has 11 rings (SSSR count). The van der Waals surface area contributed by atoms with Crippen LogP contribution in [0.4, 0.5) is 13.2 Å². The lowest BCUT2D eigenvalue weighted by atomic mass is 9.97. The number of aromatic nitrogens is 6. The van der Waals surface area contributed by atoms with Crippen LogP contribution in [0, 0.1) is 6.92 Å². The zero-order valence-electron chi connectivity index (χ0n) is 32.6. The summed E-state index contributed by atoms with van der Waals surface area (Å²) in [5, 5.41) is 3.48. The molecule has 61 heavy (non-hydrogen) atoms. The van der Waals surface area contributed by atoms with E-state index >= 15 is 0 Å². The molecule has 0 aliphatic rings. The number of rotatable bonds is 6. The number of hydrogen-bond acceptors (Lipinski definition) is 4. The van der Waals surface area contributed by atoms with Crippen molar-refractivity contribution in [1.82, 2.24) is 29.1 Å².